The summed E-state index contributed by atoms with van der Waals surface area (Å²) in [5.74, 6) is 1.78. The second kappa shape index (κ2) is 9.78. The number of benzene rings is 2. The highest BCUT2D eigenvalue weighted by Gasteiger charge is 2.20. The lowest BCUT2D eigenvalue weighted by molar-refractivity contribution is 0.111. The van der Waals surface area contributed by atoms with Gasteiger partial charge in [0.05, 0.1) is 19.3 Å². The Labute approximate surface area is 195 Å². The molecule has 0 bridgehead atoms. The van der Waals surface area contributed by atoms with Gasteiger partial charge in [-0.3, -0.25) is 9.80 Å². The van der Waals surface area contributed by atoms with Crippen molar-refractivity contribution in [3.05, 3.63) is 71.3 Å². The normalized spacial score (nSPS) is 15.1. The molecule has 1 fully saturated rings. The van der Waals surface area contributed by atoms with Crippen LogP contribution in [0.25, 0.3) is 22.0 Å². The zero-order chi connectivity index (χ0) is 22.6. The van der Waals surface area contributed by atoms with E-state index in [1.165, 1.54) is 12.1 Å². The third kappa shape index (κ3) is 5.27. The smallest absolute Gasteiger partial charge is 0.241 e. The number of aromatic nitrogens is 3. The zero-order valence-corrected chi connectivity index (χ0v) is 19.1. The molecule has 1 aliphatic rings. The molecule has 9 heteroatoms. The van der Waals surface area contributed by atoms with Crippen molar-refractivity contribution in [2.75, 3.05) is 33.3 Å². The van der Waals surface area contributed by atoms with E-state index >= 15 is 0 Å². The number of halogens is 1. The van der Waals surface area contributed by atoms with Gasteiger partial charge in [0.1, 0.15) is 16.6 Å². The standard InChI is InChI=1S/C24H24FN5O2S/c1-31-21-8-4-17(5-9-21)23-27-22(32-28-23)15-30-12-10-29(11-13-30)14-20-16-33-24(26-20)18-2-6-19(25)7-3-18/h2-9,16H,10-15H2,1H3. The van der Waals surface area contributed by atoms with Crippen LogP contribution in [0.5, 0.6) is 5.75 Å². The number of hydrogen-bond donors (Lipinski definition) is 0. The number of rotatable bonds is 7. The summed E-state index contributed by atoms with van der Waals surface area (Å²) >= 11 is 1.60. The van der Waals surface area contributed by atoms with Gasteiger partial charge in [-0.05, 0) is 48.5 Å². The van der Waals surface area contributed by atoms with Crippen molar-refractivity contribution in [3.8, 4) is 27.7 Å². The van der Waals surface area contributed by atoms with Crippen molar-refractivity contribution in [2.24, 2.45) is 0 Å². The average Bonchev–Trinajstić information content (AvgIpc) is 3.51. The third-order valence-corrected chi connectivity index (χ3v) is 6.61. The quantitative estimate of drug-likeness (QED) is 0.403. The number of ether oxygens (including phenoxy) is 1. The molecular weight excluding hydrogens is 441 g/mol. The van der Waals surface area contributed by atoms with Gasteiger partial charge in [-0.15, -0.1) is 11.3 Å². The summed E-state index contributed by atoms with van der Waals surface area (Å²) in [6.07, 6.45) is 0. The topological polar surface area (TPSA) is 67.5 Å². The van der Waals surface area contributed by atoms with Crippen LogP contribution >= 0.6 is 11.3 Å². The van der Waals surface area contributed by atoms with Gasteiger partial charge in [0, 0.05) is 49.2 Å². The molecule has 170 valence electrons. The summed E-state index contributed by atoms with van der Waals surface area (Å²) in [6, 6.07) is 14.1. The maximum Gasteiger partial charge on any atom is 0.241 e. The molecule has 5 rings (SSSR count). The summed E-state index contributed by atoms with van der Waals surface area (Å²) in [6.45, 7) is 5.20. The van der Waals surface area contributed by atoms with Gasteiger partial charge in [-0.25, -0.2) is 9.37 Å². The molecule has 3 heterocycles. The fourth-order valence-electron chi connectivity index (χ4n) is 3.81. The van der Waals surface area contributed by atoms with E-state index in [9.17, 15) is 4.39 Å². The predicted octanol–water partition coefficient (Wildman–Crippen LogP) is 4.33. The second-order valence-electron chi connectivity index (χ2n) is 7.94. The van der Waals surface area contributed by atoms with Crippen LogP contribution in [0.3, 0.4) is 0 Å². The highest BCUT2D eigenvalue weighted by molar-refractivity contribution is 7.13. The highest BCUT2D eigenvalue weighted by atomic mass is 32.1. The minimum Gasteiger partial charge on any atom is -0.497 e. The summed E-state index contributed by atoms with van der Waals surface area (Å²) in [4.78, 5) is 14.0. The van der Waals surface area contributed by atoms with E-state index in [1.807, 2.05) is 24.3 Å². The molecule has 0 saturated carbocycles. The molecule has 33 heavy (non-hydrogen) atoms. The van der Waals surface area contributed by atoms with Gasteiger partial charge in [0.25, 0.3) is 0 Å². The lowest BCUT2D eigenvalue weighted by atomic mass is 10.2. The van der Waals surface area contributed by atoms with Crippen molar-refractivity contribution in [1.29, 1.82) is 0 Å². The van der Waals surface area contributed by atoms with E-state index in [4.69, 9.17) is 14.2 Å². The minimum atomic E-state index is -0.231. The molecule has 4 aromatic rings. The lowest BCUT2D eigenvalue weighted by Gasteiger charge is -2.33. The first-order valence-electron chi connectivity index (χ1n) is 10.8. The molecule has 1 saturated heterocycles. The van der Waals surface area contributed by atoms with E-state index in [1.54, 1.807) is 30.6 Å². The van der Waals surface area contributed by atoms with Gasteiger partial charge in [-0.2, -0.15) is 4.98 Å². The van der Waals surface area contributed by atoms with E-state index in [2.05, 4.69) is 25.3 Å². The summed E-state index contributed by atoms with van der Waals surface area (Å²) in [5.41, 5.74) is 2.90. The van der Waals surface area contributed by atoms with Crippen LogP contribution in [0.1, 0.15) is 11.6 Å². The number of thiazole rings is 1. The number of hydrogen-bond acceptors (Lipinski definition) is 8. The van der Waals surface area contributed by atoms with Crippen LogP contribution in [0, 0.1) is 5.82 Å². The Balaban J connectivity index is 1.12. The Kier molecular flexibility index (Phi) is 6.43. The lowest BCUT2D eigenvalue weighted by Crippen LogP contribution is -2.45. The molecule has 0 spiro atoms. The first kappa shape index (κ1) is 21.7. The van der Waals surface area contributed by atoms with Crippen molar-refractivity contribution < 1.29 is 13.7 Å². The molecule has 0 radical (unpaired) electrons. The van der Waals surface area contributed by atoms with Crippen LogP contribution in [-0.4, -0.2) is 58.2 Å². The molecule has 2 aromatic carbocycles. The average molecular weight is 466 g/mol. The number of piperazine rings is 1. The Morgan fingerprint density at radius 1 is 0.909 bits per heavy atom. The second-order valence-corrected chi connectivity index (χ2v) is 8.80. The third-order valence-electron chi connectivity index (χ3n) is 5.67. The van der Waals surface area contributed by atoms with Crippen LogP contribution in [0.2, 0.25) is 0 Å². The van der Waals surface area contributed by atoms with Crippen LogP contribution < -0.4 is 4.74 Å². The SMILES string of the molecule is COc1ccc(-c2noc(CN3CCN(Cc4csc(-c5ccc(F)cc5)n4)CC3)n2)cc1. The molecule has 0 unspecified atom stereocenters. The Morgan fingerprint density at radius 2 is 1.58 bits per heavy atom. The van der Waals surface area contributed by atoms with Crippen molar-refractivity contribution >= 4 is 11.3 Å². The maximum absolute atomic E-state index is 13.1. The Morgan fingerprint density at radius 3 is 2.27 bits per heavy atom. The predicted molar refractivity (Wildman–Crippen MR) is 124 cm³/mol. The number of nitrogens with zero attached hydrogens (tertiary/aromatic N) is 5. The van der Waals surface area contributed by atoms with Crippen molar-refractivity contribution in [2.45, 2.75) is 13.1 Å². The molecule has 2 aromatic heterocycles. The Bertz CT molecular complexity index is 1180. The van der Waals surface area contributed by atoms with Gasteiger partial charge in [0.15, 0.2) is 0 Å². The van der Waals surface area contributed by atoms with Gasteiger partial charge >= 0.3 is 0 Å². The highest BCUT2D eigenvalue weighted by Crippen LogP contribution is 2.25. The molecule has 0 amide bonds. The minimum absolute atomic E-state index is 0.231. The zero-order valence-electron chi connectivity index (χ0n) is 18.3. The fraction of sp³-hybridized carbons (Fsp3) is 0.292. The maximum atomic E-state index is 13.1. The summed E-state index contributed by atoms with van der Waals surface area (Å²) < 4.78 is 23.8. The van der Waals surface area contributed by atoms with Gasteiger partial charge in [0.2, 0.25) is 11.7 Å². The summed E-state index contributed by atoms with van der Waals surface area (Å²) in [5, 5.41) is 7.13. The molecule has 1 aliphatic heterocycles. The van der Waals surface area contributed by atoms with E-state index in [-0.39, 0.29) is 5.82 Å². The van der Waals surface area contributed by atoms with Crippen LogP contribution in [-0.2, 0) is 13.1 Å². The molecule has 0 N–H and O–H groups in total. The monoisotopic (exact) mass is 465 g/mol. The molecule has 7 nitrogen and oxygen atoms in total. The van der Waals surface area contributed by atoms with Crippen molar-refractivity contribution in [1.82, 2.24) is 24.9 Å². The van der Waals surface area contributed by atoms with E-state index in [0.717, 1.165) is 60.3 Å². The number of methoxy groups -OCH3 is 1. The first-order chi connectivity index (χ1) is 16.2. The molecule has 0 aliphatic carbocycles. The molecular formula is C24H24FN5O2S. The van der Waals surface area contributed by atoms with Crippen molar-refractivity contribution in [3.63, 3.8) is 0 Å². The van der Waals surface area contributed by atoms with E-state index in [0.29, 0.717) is 18.3 Å². The first-order valence-corrected chi connectivity index (χ1v) is 11.7. The summed E-state index contributed by atoms with van der Waals surface area (Å²) in [7, 11) is 1.64. The van der Waals surface area contributed by atoms with Gasteiger partial charge < -0.3 is 9.26 Å². The fourth-order valence-corrected chi connectivity index (χ4v) is 4.62. The molecule has 0 atom stereocenters. The Hall–Kier alpha value is -3.14. The van der Waals surface area contributed by atoms with E-state index < -0.39 is 0 Å². The largest absolute Gasteiger partial charge is 0.497 e. The van der Waals surface area contributed by atoms with Gasteiger partial charge in [-0.1, -0.05) is 5.16 Å². The van der Waals surface area contributed by atoms with Crippen LogP contribution in [0.4, 0.5) is 4.39 Å². The van der Waals surface area contributed by atoms with Crippen LogP contribution in [0.15, 0.2) is 58.4 Å².